The lowest BCUT2D eigenvalue weighted by atomic mass is 9.88. The number of amides is 2. The Bertz CT molecular complexity index is 767. The molecule has 0 unspecified atom stereocenters. The van der Waals surface area contributed by atoms with Gasteiger partial charge in [0.1, 0.15) is 5.75 Å². The molecule has 26 heavy (non-hydrogen) atoms. The van der Waals surface area contributed by atoms with Crippen molar-refractivity contribution < 1.29 is 9.90 Å². The molecule has 0 spiro atoms. The average molecular weight is 351 g/mol. The molecular weight excluding hydrogens is 326 g/mol. The van der Waals surface area contributed by atoms with E-state index in [1.54, 1.807) is 12.1 Å². The largest absolute Gasteiger partial charge is 0.508 e. The zero-order valence-electron chi connectivity index (χ0n) is 14.9. The molecule has 1 saturated heterocycles. The maximum Gasteiger partial charge on any atom is 0.317 e. The molecule has 5 heteroatoms. The van der Waals surface area contributed by atoms with E-state index in [9.17, 15) is 9.90 Å². The minimum Gasteiger partial charge on any atom is -0.508 e. The standard InChI is InChI=1S/C21H25N3O2/c25-20-9-7-19(8-10-20)23-11-13-24(14-12-23)21(26)22-18-6-5-16-3-1-2-4-17(16)15-18/h1-4,7-10,18,25H,5-6,11-15H2,(H,22,26)/t18-/m1/s1. The van der Waals surface area contributed by atoms with Crippen molar-refractivity contribution >= 4 is 11.7 Å². The van der Waals surface area contributed by atoms with E-state index in [1.807, 2.05) is 17.0 Å². The number of carbonyl (C=O) groups is 1. The molecule has 0 radical (unpaired) electrons. The predicted octanol–water partition coefficient (Wildman–Crippen LogP) is 2.78. The monoisotopic (exact) mass is 351 g/mol. The first kappa shape index (κ1) is 16.8. The number of aromatic hydroxyl groups is 1. The molecule has 136 valence electrons. The minimum absolute atomic E-state index is 0.0553. The van der Waals surface area contributed by atoms with Gasteiger partial charge in [0.15, 0.2) is 0 Å². The number of hydrogen-bond donors (Lipinski definition) is 2. The van der Waals surface area contributed by atoms with Crippen LogP contribution in [0.3, 0.4) is 0 Å². The van der Waals surface area contributed by atoms with Gasteiger partial charge in [-0.1, -0.05) is 24.3 Å². The quantitative estimate of drug-likeness (QED) is 0.875. The van der Waals surface area contributed by atoms with Crippen LogP contribution in [-0.2, 0) is 12.8 Å². The Morgan fingerprint density at radius 1 is 0.962 bits per heavy atom. The highest BCUT2D eigenvalue weighted by Gasteiger charge is 2.25. The molecule has 2 amide bonds. The van der Waals surface area contributed by atoms with Gasteiger partial charge in [0, 0.05) is 37.9 Å². The Labute approximate surface area is 154 Å². The number of piperazine rings is 1. The summed E-state index contributed by atoms with van der Waals surface area (Å²) in [5, 5.41) is 12.6. The number of fused-ring (bicyclic) bond motifs is 1. The van der Waals surface area contributed by atoms with Crippen LogP contribution < -0.4 is 10.2 Å². The smallest absolute Gasteiger partial charge is 0.317 e. The number of hydrogen-bond acceptors (Lipinski definition) is 3. The van der Waals surface area contributed by atoms with Crippen LogP contribution in [0.5, 0.6) is 5.75 Å². The van der Waals surface area contributed by atoms with Crippen molar-refractivity contribution in [2.75, 3.05) is 31.1 Å². The second-order valence-electron chi connectivity index (χ2n) is 7.15. The van der Waals surface area contributed by atoms with Crippen LogP contribution in [0.15, 0.2) is 48.5 Å². The molecule has 2 aromatic rings. The molecule has 4 rings (SSSR count). The van der Waals surface area contributed by atoms with Crippen molar-refractivity contribution in [2.24, 2.45) is 0 Å². The minimum atomic E-state index is 0.0553. The fraction of sp³-hybridized carbons (Fsp3) is 0.381. The third-order valence-corrected chi connectivity index (χ3v) is 5.46. The van der Waals surface area contributed by atoms with Crippen LogP contribution in [0.1, 0.15) is 17.5 Å². The molecule has 0 aromatic heterocycles. The van der Waals surface area contributed by atoms with E-state index in [0.29, 0.717) is 0 Å². The summed E-state index contributed by atoms with van der Waals surface area (Å²) in [7, 11) is 0. The van der Waals surface area contributed by atoms with Gasteiger partial charge in [-0.05, 0) is 54.7 Å². The Morgan fingerprint density at radius 2 is 1.65 bits per heavy atom. The maximum absolute atomic E-state index is 12.6. The number of benzene rings is 2. The van der Waals surface area contributed by atoms with Crippen molar-refractivity contribution in [3.05, 3.63) is 59.7 Å². The number of phenols is 1. The lowest BCUT2D eigenvalue weighted by Crippen LogP contribution is -2.54. The first-order valence-electron chi connectivity index (χ1n) is 9.35. The first-order valence-corrected chi connectivity index (χ1v) is 9.35. The van der Waals surface area contributed by atoms with Gasteiger partial charge in [0.2, 0.25) is 0 Å². The van der Waals surface area contributed by atoms with E-state index in [-0.39, 0.29) is 17.8 Å². The van der Waals surface area contributed by atoms with Crippen LogP contribution in [0.4, 0.5) is 10.5 Å². The summed E-state index contributed by atoms with van der Waals surface area (Å²) in [6.45, 7) is 3.06. The van der Waals surface area contributed by atoms with E-state index in [2.05, 4.69) is 34.5 Å². The number of phenolic OH excluding ortho intramolecular Hbond substituents is 1. The summed E-state index contributed by atoms with van der Waals surface area (Å²) in [6.07, 6.45) is 2.97. The summed E-state index contributed by atoms with van der Waals surface area (Å²) >= 11 is 0. The number of carbonyl (C=O) groups excluding carboxylic acids is 1. The van der Waals surface area contributed by atoms with Crippen molar-refractivity contribution in [2.45, 2.75) is 25.3 Å². The highest BCUT2D eigenvalue weighted by atomic mass is 16.3. The molecule has 5 nitrogen and oxygen atoms in total. The Balaban J connectivity index is 1.29. The zero-order chi connectivity index (χ0) is 17.9. The summed E-state index contributed by atoms with van der Waals surface area (Å²) in [4.78, 5) is 16.8. The molecule has 1 aliphatic carbocycles. The van der Waals surface area contributed by atoms with E-state index in [0.717, 1.165) is 51.1 Å². The second kappa shape index (κ2) is 7.28. The molecule has 0 saturated carbocycles. The molecule has 1 fully saturated rings. The van der Waals surface area contributed by atoms with E-state index in [1.165, 1.54) is 11.1 Å². The highest BCUT2D eigenvalue weighted by molar-refractivity contribution is 5.75. The van der Waals surface area contributed by atoms with Gasteiger partial charge in [-0.15, -0.1) is 0 Å². The Hall–Kier alpha value is -2.69. The molecule has 1 heterocycles. The van der Waals surface area contributed by atoms with Crippen molar-refractivity contribution in [1.29, 1.82) is 0 Å². The number of nitrogens with one attached hydrogen (secondary N) is 1. The average Bonchev–Trinajstić information content (AvgIpc) is 2.68. The normalized spacial score (nSPS) is 19.8. The van der Waals surface area contributed by atoms with E-state index < -0.39 is 0 Å². The van der Waals surface area contributed by atoms with Crippen molar-refractivity contribution in [3.8, 4) is 5.75 Å². The van der Waals surface area contributed by atoms with Crippen LogP contribution in [-0.4, -0.2) is 48.3 Å². The fourth-order valence-corrected chi connectivity index (χ4v) is 3.92. The summed E-state index contributed by atoms with van der Waals surface area (Å²) < 4.78 is 0. The van der Waals surface area contributed by atoms with Gasteiger partial charge in [-0.2, -0.15) is 0 Å². The molecule has 2 aromatic carbocycles. The molecule has 2 aliphatic rings. The van der Waals surface area contributed by atoms with E-state index in [4.69, 9.17) is 0 Å². The third-order valence-electron chi connectivity index (χ3n) is 5.46. The van der Waals surface area contributed by atoms with Crippen molar-refractivity contribution in [1.82, 2.24) is 10.2 Å². The van der Waals surface area contributed by atoms with Crippen LogP contribution in [0.25, 0.3) is 0 Å². The number of rotatable bonds is 2. The number of anilines is 1. The number of aryl methyl sites for hydroxylation is 1. The topological polar surface area (TPSA) is 55.8 Å². The fourth-order valence-electron chi connectivity index (χ4n) is 3.92. The number of urea groups is 1. The van der Waals surface area contributed by atoms with Gasteiger partial charge < -0.3 is 20.2 Å². The SMILES string of the molecule is O=C(N[C@@H]1CCc2ccccc2C1)N1CCN(c2ccc(O)cc2)CC1. The number of nitrogens with zero attached hydrogens (tertiary/aromatic N) is 2. The lowest BCUT2D eigenvalue weighted by Gasteiger charge is -2.37. The van der Waals surface area contributed by atoms with Crippen LogP contribution >= 0.6 is 0 Å². The Kier molecular flexibility index (Phi) is 4.69. The Morgan fingerprint density at radius 3 is 2.38 bits per heavy atom. The van der Waals surface area contributed by atoms with Crippen molar-refractivity contribution in [3.63, 3.8) is 0 Å². The zero-order valence-corrected chi connectivity index (χ0v) is 14.9. The van der Waals surface area contributed by atoms with Gasteiger partial charge in [-0.25, -0.2) is 4.79 Å². The van der Waals surface area contributed by atoms with Crippen LogP contribution in [0.2, 0.25) is 0 Å². The summed E-state index contributed by atoms with van der Waals surface area (Å²) in [6, 6.07) is 16.1. The summed E-state index contributed by atoms with van der Waals surface area (Å²) in [5.74, 6) is 0.279. The maximum atomic E-state index is 12.6. The molecule has 0 bridgehead atoms. The second-order valence-corrected chi connectivity index (χ2v) is 7.15. The highest BCUT2D eigenvalue weighted by Crippen LogP contribution is 2.22. The van der Waals surface area contributed by atoms with Gasteiger partial charge in [0.05, 0.1) is 0 Å². The summed E-state index contributed by atoms with van der Waals surface area (Å²) in [5.41, 5.74) is 3.87. The molecule has 1 atom stereocenters. The predicted molar refractivity (Wildman–Crippen MR) is 103 cm³/mol. The molecular formula is C21H25N3O2. The van der Waals surface area contributed by atoms with Gasteiger partial charge in [-0.3, -0.25) is 0 Å². The van der Waals surface area contributed by atoms with Gasteiger partial charge in [0.25, 0.3) is 0 Å². The third kappa shape index (κ3) is 3.62. The first-order chi connectivity index (χ1) is 12.7. The van der Waals surface area contributed by atoms with E-state index >= 15 is 0 Å². The molecule has 1 aliphatic heterocycles. The molecule has 2 N–H and O–H groups in total. The van der Waals surface area contributed by atoms with Crippen LogP contribution in [0, 0.1) is 0 Å². The van der Waals surface area contributed by atoms with Gasteiger partial charge >= 0.3 is 6.03 Å². The lowest BCUT2D eigenvalue weighted by molar-refractivity contribution is 0.189.